The quantitative estimate of drug-likeness (QED) is 0.162. The fourth-order valence-corrected chi connectivity index (χ4v) is 3.12. The molecule has 2 rings (SSSR count). The monoisotopic (exact) mass is 462 g/mol. The lowest BCUT2D eigenvalue weighted by atomic mass is 10.0. The van der Waals surface area contributed by atoms with Crippen molar-refractivity contribution in [1.29, 1.82) is 0 Å². The van der Waals surface area contributed by atoms with Crippen LogP contribution < -0.4 is 27.4 Å². The Balaban J connectivity index is 2.09. The van der Waals surface area contributed by atoms with E-state index in [2.05, 4.69) is 20.9 Å². The second-order valence-electron chi connectivity index (χ2n) is 7.20. The van der Waals surface area contributed by atoms with Gasteiger partial charge in [-0.1, -0.05) is 18.2 Å². The van der Waals surface area contributed by atoms with Gasteiger partial charge in [-0.05, 0) is 11.6 Å². The molecule has 0 radical (unpaired) electrons. The van der Waals surface area contributed by atoms with Crippen molar-refractivity contribution in [3.8, 4) is 0 Å². The van der Waals surface area contributed by atoms with E-state index in [1.54, 1.807) is 18.3 Å². The Morgan fingerprint density at radius 2 is 1.61 bits per heavy atom. The van der Waals surface area contributed by atoms with Crippen LogP contribution in [0.3, 0.4) is 0 Å². The molecule has 3 atom stereocenters. The number of H-pyrrole nitrogens is 1. The fraction of sp³-hybridized carbons (Fsp3) is 0.350. The smallest absolute Gasteiger partial charge is 0.326 e. The van der Waals surface area contributed by atoms with Crippen LogP contribution in [0.4, 0.5) is 0 Å². The van der Waals surface area contributed by atoms with Crippen molar-refractivity contribution in [3.05, 3.63) is 36.0 Å². The number of aliphatic hydroxyl groups is 1. The number of fused-ring (bicyclic) bond motifs is 1. The minimum Gasteiger partial charge on any atom is -0.480 e. The number of rotatable bonds is 12. The molecule has 0 fully saturated rings. The Morgan fingerprint density at radius 3 is 2.21 bits per heavy atom. The van der Waals surface area contributed by atoms with E-state index >= 15 is 0 Å². The summed E-state index contributed by atoms with van der Waals surface area (Å²) in [7, 11) is 0. The van der Waals surface area contributed by atoms with Crippen LogP contribution in [0.5, 0.6) is 0 Å². The topological polar surface area (TPSA) is 230 Å². The lowest BCUT2D eigenvalue weighted by Gasteiger charge is -2.23. The van der Waals surface area contributed by atoms with Crippen molar-refractivity contribution < 1.29 is 34.2 Å². The molecule has 0 saturated carbocycles. The van der Waals surface area contributed by atoms with Gasteiger partial charge < -0.3 is 42.6 Å². The summed E-state index contributed by atoms with van der Waals surface area (Å²) in [4.78, 5) is 62.5. The number of aromatic nitrogens is 1. The van der Waals surface area contributed by atoms with Crippen LogP contribution in [-0.4, -0.2) is 76.1 Å². The summed E-state index contributed by atoms with van der Waals surface area (Å²) >= 11 is 0. The maximum Gasteiger partial charge on any atom is 0.326 e. The lowest BCUT2D eigenvalue weighted by molar-refractivity contribution is -0.142. The SMILES string of the molecule is NCC(=O)NC(CC(N)=O)C(=O)NC(CO)C(=O)NC(Cc1c[nH]c2ccccc12)C(=O)O. The van der Waals surface area contributed by atoms with Crippen LogP contribution in [-0.2, 0) is 30.4 Å². The normalized spacial score (nSPS) is 13.5. The van der Waals surface area contributed by atoms with E-state index < -0.39 is 67.3 Å². The van der Waals surface area contributed by atoms with Crippen LogP contribution in [0, 0.1) is 0 Å². The number of carbonyl (C=O) groups excluding carboxylic acids is 4. The van der Waals surface area contributed by atoms with Gasteiger partial charge in [0.2, 0.25) is 23.6 Å². The predicted molar refractivity (Wildman–Crippen MR) is 115 cm³/mol. The molecule has 0 spiro atoms. The summed E-state index contributed by atoms with van der Waals surface area (Å²) in [5, 5.41) is 26.5. The number of amides is 4. The third kappa shape index (κ3) is 7.02. The summed E-state index contributed by atoms with van der Waals surface area (Å²) < 4.78 is 0. The van der Waals surface area contributed by atoms with E-state index in [1.165, 1.54) is 0 Å². The van der Waals surface area contributed by atoms with Gasteiger partial charge in [0.05, 0.1) is 19.6 Å². The Kier molecular flexibility index (Phi) is 8.89. The number of hydrogen-bond donors (Lipinski definition) is 8. The van der Waals surface area contributed by atoms with Crippen molar-refractivity contribution >= 4 is 40.5 Å². The zero-order valence-corrected chi connectivity index (χ0v) is 17.5. The molecule has 10 N–H and O–H groups in total. The highest BCUT2D eigenvalue weighted by Gasteiger charge is 2.30. The standard InChI is InChI=1S/C20H26N6O7/c21-7-17(29)24-13(6-16(22)28)18(30)26-15(9-27)19(31)25-14(20(32)33)5-10-8-23-12-4-2-1-3-11(10)12/h1-4,8,13-15,23,27H,5-7,9,21H2,(H2,22,28)(H,24,29)(H,25,31)(H,26,30)(H,32,33). The summed E-state index contributed by atoms with van der Waals surface area (Å²) in [5.74, 6) is -4.92. The molecule has 1 aromatic carbocycles. The van der Waals surface area contributed by atoms with E-state index in [9.17, 15) is 34.2 Å². The Morgan fingerprint density at radius 1 is 0.970 bits per heavy atom. The van der Waals surface area contributed by atoms with Crippen molar-refractivity contribution in [2.75, 3.05) is 13.2 Å². The van der Waals surface area contributed by atoms with Gasteiger partial charge in [-0.2, -0.15) is 0 Å². The molecule has 0 bridgehead atoms. The number of carboxylic acid groups (broad SMARTS) is 1. The molecule has 0 aliphatic rings. The number of carbonyl (C=O) groups is 5. The molecule has 1 heterocycles. The molecule has 178 valence electrons. The molecule has 0 aliphatic carbocycles. The van der Waals surface area contributed by atoms with Gasteiger partial charge >= 0.3 is 5.97 Å². The number of nitrogens with two attached hydrogens (primary N) is 2. The molecule has 0 saturated heterocycles. The number of hydrogen-bond acceptors (Lipinski definition) is 7. The van der Waals surface area contributed by atoms with E-state index in [4.69, 9.17) is 11.5 Å². The molecule has 33 heavy (non-hydrogen) atoms. The average Bonchev–Trinajstić information content (AvgIpc) is 3.18. The number of aliphatic hydroxyl groups excluding tert-OH is 1. The number of aliphatic carboxylic acids is 1. The predicted octanol–water partition coefficient (Wildman–Crippen LogP) is -2.92. The Bertz CT molecular complexity index is 1040. The van der Waals surface area contributed by atoms with Gasteiger partial charge in [0, 0.05) is 23.5 Å². The van der Waals surface area contributed by atoms with Gasteiger partial charge in [0.15, 0.2) is 0 Å². The second kappa shape index (κ2) is 11.6. The fourth-order valence-electron chi connectivity index (χ4n) is 3.12. The summed E-state index contributed by atoms with van der Waals surface area (Å²) in [6.45, 7) is -1.33. The van der Waals surface area contributed by atoms with Gasteiger partial charge in [-0.3, -0.25) is 19.2 Å². The number of para-hydroxylation sites is 1. The van der Waals surface area contributed by atoms with Gasteiger partial charge in [-0.15, -0.1) is 0 Å². The zero-order chi connectivity index (χ0) is 24.5. The van der Waals surface area contributed by atoms with Gasteiger partial charge in [0.1, 0.15) is 18.1 Å². The molecule has 13 heteroatoms. The van der Waals surface area contributed by atoms with Crippen LogP contribution in [0.1, 0.15) is 12.0 Å². The highest BCUT2D eigenvalue weighted by atomic mass is 16.4. The van der Waals surface area contributed by atoms with Gasteiger partial charge in [-0.25, -0.2) is 4.79 Å². The van der Waals surface area contributed by atoms with Crippen LogP contribution in [0.15, 0.2) is 30.5 Å². The molecular formula is C20H26N6O7. The lowest BCUT2D eigenvalue weighted by Crippen LogP contribution is -2.58. The summed E-state index contributed by atoms with van der Waals surface area (Å²) in [6.07, 6.45) is 0.996. The van der Waals surface area contributed by atoms with Crippen molar-refractivity contribution in [1.82, 2.24) is 20.9 Å². The first-order chi connectivity index (χ1) is 15.7. The van der Waals surface area contributed by atoms with E-state index in [0.717, 1.165) is 10.9 Å². The molecule has 0 aliphatic heterocycles. The molecule has 13 nitrogen and oxygen atoms in total. The Labute approximate surface area is 187 Å². The third-order valence-electron chi connectivity index (χ3n) is 4.77. The minimum absolute atomic E-state index is 0.0615. The number of nitrogens with one attached hydrogen (secondary N) is 4. The summed E-state index contributed by atoms with van der Waals surface area (Å²) in [6, 6.07) is 2.88. The van der Waals surface area contributed by atoms with Crippen LogP contribution >= 0.6 is 0 Å². The number of primary amides is 1. The molecule has 1 aromatic heterocycles. The molecular weight excluding hydrogens is 436 g/mol. The minimum atomic E-state index is -1.55. The maximum atomic E-state index is 12.6. The largest absolute Gasteiger partial charge is 0.480 e. The Hall–Kier alpha value is -3.97. The van der Waals surface area contributed by atoms with E-state index in [-0.39, 0.29) is 6.42 Å². The first kappa shape index (κ1) is 25.3. The zero-order valence-electron chi connectivity index (χ0n) is 17.5. The van der Waals surface area contributed by atoms with Crippen molar-refractivity contribution in [3.63, 3.8) is 0 Å². The number of carboxylic acids is 1. The third-order valence-corrected chi connectivity index (χ3v) is 4.77. The van der Waals surface area contributed by atoms with Crippen molar-refractivity contribution in [2.24, 2.45) is 11.5 Å². The van der Waals surface area contributed by atoms with Crippen molar-refractivity contribution in [2.45, 2.75) is 31.0 Å². The maximum absolute atomic E-state index is 12.6. The summed E-state index contributed by atoms with van der Waals surface area (Å²) in [5.41, 5.74) is 11.7. The number of benzene rings is 1. The second-order valence-corrected chi connectivity index (χ2v) is 7.20. The van der Waals surface area contributed by atoms with E-state index in [1.807, 2.05) is 12.1 Å². The number of aromatic amines is 1. The highest BCUT2D eigenvalue weighted by Crippen LogP contribution is 2.19. The first-order valence-electron chi connectivity index (χ1n) is 9.93. The van der Waals surface area contributed by atoms with Crippen LogP contribution in [0.25, 0.3) is 10.9 Å². The highest BCUT2D eigenvalue weighted by molar-refractivity contribution is 5.96. The average molecular weight is 462 g/mol. The van der Waals surface area contributed by atoms with Crippen LogP contribution in [0.2, 0.25) is 0 Å². The van der Waals surface area contributed by atoms with Gasteiger partial charge in [0.25, 0.3) is 0 Å². The molecule has 3 unspecified atom stereocenters. The first-order valence-corrected chi connectivity index (χ1v) is 9.93. The molecule has 4 amide bonds. The molecule has 2 aromatic rings. The van der Waals surface area contributed by atoms with E-state index in [0.29, 0.717) is 5.56 Å².